The Kier molecular flexibility index (Phi) is 5.59. The molecule has 0 fully saturated rings. The van der Waals surface area contributed by atoms with Gasteiger partial charge in [0.2, 0.25) is 11.7 Å². The van der Waals surface area contributed by atoms with E-state index in [0.29, 0.717) is 0 Å². The van der Waals surface area contributed by atoms with Gasteiger partial charge in [0.1, 0.15) is 5.69 Å². The summed E-state index contributed by atoms with van der Waals surface area (Å²) < 4.78 is 20.3. The Hall–Kier alpha value is -2.70. The van der Waals surface area contributed by atoms with Gasteiger partial charge < -0.3 is 24.3 Å². The van der Waals surface area contributed by atoms with E-state index < -0.39 is 11.9 Å². The fraction of sp³-hybridized carbons (Fsp3) is 0.286. The van der Waals surface area contributed by atoms with Crippen LogP contribution in [0.15, 0.2) is 18.7 Å². The summed E-state index contributed by atoms with van der Waals surface area (Å²) in [5.74, 6) is -0.509. The van der Waals surface area contributed by atoms with Gasteiger partial charge in [-0.3, -0.25) is 4.79 Å². The second-order valence-electron chi connectivity index (χ2n) is 3.75. The molecular formula is C14H17NO6. The van der Waals surface area contributed by atoms with Gasteiger partial charge >= 0.3 is 5.97 Å². The van der Waals surface area contributed by atoms with E-state index in [2.05, 4.69) is 11.9 Å². The topological polar surface area (TPSA) is 83.1 Å². The molecule has 0 aromatic heterocycles. The smallest absolute Gasteiger partial charge is 0.340 e. The van der Waals surface area contributed by atoms with Crippen molar-refractivity contribution in [2.24, 2.45) is 0 Å². The first-order valence-corrected chi connectivity index (χ1v) is 5.88. The normalized spacial score (nSPS) is 9.52. The lowest BCUT2D eigenvalue weighted by Gasteiger charge is -2.18. The number of amides is 1. The van der Waals surface area contributed by atoms with Gasteiger partial charge in [-0.25, -0.2) is 4.79 Å². The minimum absolute atomic E-state index is 0.0715. The Bertz CT molecular complexity index is 567. The molecular weight excluding hydrogens is 278 g/mol. The second-order valence-corrected chi connectivity index (χ2v) is 3.75. The first-order chi connectivity index (χ1) is 10.0. The highest BCUT2D eigenvalue weighted by molar-refractivity contribution is 6.07. The molecule has 1 N–H and O–H groups in total. The number of hydrogen-bond donors (Lipinski definition) is 1. The maximum Gasteiger partial charge on any atom is 0.340 e. The van der Waals surface area contributed by atoms with E-state index in [1.807, 2.05) is 0 Å². The monoisotopic (exact) mass is 295 g/mol. The molecule has 21 heavy (non-hydrogen) atoms. The number of benzene rings is 1. The highest BCUT2D eigenvalue weighted by atomic mass is 16.5. The molecule has 0 atom stereocenters. The van der Waals surface area contributed by atoms with Crippen molar-refractivity contribution < 1.29 is 28.5 Å². The van der Waals surface area contributed by atoms with Crippen LogP contribution >= 0.6 is 0 Å². The Morgan fingerprint density at radius 3 is 2.14 bits per heavy atom. The molecule has 0 radical (unpaired) electrons. The molecule has 0 aliphatic rings. The molecule has 0 aliphatic heterocycles. The molecule has 1 amide bonds. The van der Waals surface area contributed by atoms with Crippen molar-refractivity contribution in [2.75, 3.05) is 33.8 Å². The summed E-state index contributed by atoms with van der Waals surface area (Å²) in [6.07, 6.45) is 1.07. The largest absolute Gasteiger partial charge is 0.493 e. The van der Waals surface area contributed by atoms with Gasteiger partial charge in [-0.15, -0.1) is 0 Å². The van der Waals surface area contributed by atoms with Crippen LogP contribution in [-0.4, -0.2) is 40.3 Å². The third kappa shape index (κ3) is 3.25. The van der Waals surface area contributed by atoms with Crippen molar-refractivity contribution in [1.29, 1.82) is 0 Å². The number of hydrogen-bond acceptors (Lipinski definition) is 6. The van der Waals surface area contributed by atoms with Crippen molar-refractivity contribution in [1.82, 2.24) is 0 Å². The summed E-state index contributed by atoms with van der Waals surface area (Å²) in [5.41, 5.74) is 0.189. The lowest BCUT2D eigenvalue weighted by molar-refractivity contribution is -0.111. The molecule has 7 heteroatoms. The van der Waals surface area contributed by atoms with Crippen LogP contribution in [0.1, 0.15) is 10.4 Å². The quantitative estimate of drug-likeness (QED) is 0.634. The lowest BCUT2D eigenvalue weighted by atomic mass is 10.1. The van der Waals surface area contributed by atoms with Crippen LogP contribution in [0.25, 0.3) is 0 Å². The van der Waals surface area contributed by atoms with E-state index in [4.69, 9.17) is 18.9 Å². The standard InChI is InChI=1S/C14H17NO6/c1-6-10(16)15-11-8(14(17)21-5)7-9(18-2)12(19-3)13(11)20-4/h6-7H,1H2,2-5H3,(H,15,16). The third-order valence-corrected chi connectivity index (χ3v) is 2.67. The number of anilines is 1. The van der Waals surface area contributed by atoms with Crippen LogP contribution in [0.3, 0.4) is 0 Å². The molecule has 0 heterocycles. The van der Waals surface area contributed by atoms with Gasteiger partial charge in [0.25, 0.3) is 0 Å². The minimum Gasteiger partial charge on any atom is -0.493 e. The summed E-state index contributed by atoms with van der Waals surface area (Å²) in [4.78, 5) is 23.4. The SMILES string of the molecule is C=CC(=O)Nc1c(C(=O)OC)cc(OC)c(OC)c1OC. The van der Waals surface area contributed by atoms with Crippen LogP contribution in [0.4, 0.5) is 5.69 Å². The maximum absolute atomic E-state index is 11.9. The fourth-order valence-electron chi connectivity index (χ4n) is 1.73. The highest BCUT2D eigenvalue weighted by Crippen LogP contribution is 2.45. The van der Waals surface area contributed by atoms with Crippen LogP contribution in [0.2, 0.25) is 0 Å². The summed E-state index contributed by atoms with van der Waals surface area (Å²) in [5, 5.41) is 2.50. The molecule has 0 unspecified atom stereocenters. The van der Waals surface area contributed by atoms with Gasteiger partial charge in [0, 0.05) is 6.07 Å². The number of nitrogens with one attached hydrogen (secondary N) is 1. The Balaban J connectivity index is 3.63. The van der Waals surface area contributed by atoms with Crippen molar-refractivity contribution in [3.8, 4) is 17.2 Å². The number of carbonyl (C=O) groups excluding carboxylic acids is 2. The number of ether oxygens (including phenoxy) is 4. The van der Waals surface area contributed by atoms with Gasteiger partial charge in [-0.05, 0) is 6.08 Å². The van der Waals surface area contributed by atoms with Crippen molar-refractivity contribution in [3.63, 3.8) is 0 Å². The van der Waals surface area contributed by atoms with Crippen molar-refractivity contribution in [2.45, 2.75) is 0 Å². The second kappa shape index (κ2) is 7.18. The van der Waals surface area contributed by atoms with Gasteiger partial charge in [0.15, 0.2) is 11.5 Å². The fourth-order valence-corrected chi connectivity index (χ4v) is 1.73. The Morgan fingerprint density at radius 2 is 1.71 bits per heavy atom. The van der Waals surface area contributed by atoms with E-state index in [1.165, 1.54) is 34.5 Å². The number of rotatable bonds is 6. The molecule has 0 aliphatic carbocycles. The third-order valence-electron chi connectivity index (χ3n) is 2.67. The van der Waals surface area contributed by atoms with Crippen LogP contribution < -0.4 is 19.5 Å². The summed E-state index contributed by atoms with van der Waals surface area (Å²) in [6.45, 7) is 3.36. The van der Waals surface area contributed by atoms with Gasteiger partial charge in [-0.1, -0.05) is 6.58 Å². The summed E-state index contributed by atoms with van der Waals surface area (Å²) in [7, 11) is 5.43. The maximum atomic E-state index is 11.9. The number of esters is 1. The van der Waals surface area contributed by atoms with E-state index in [0.717, 1.165) is 6.08 Å². The predicted molar refractivity (Wildman–Crippen MR) is 76.3 cm³/mol. The van der Waals surface area contributed by atoms with Crippen molar-refractivity contribution >= 4 is 17.6 Å². The molecule has 1 rings (SSSR count). The summed E-state index contributed by atoms with van der Waals surface area (Å²) in [6, 6.07) is 1.39. The average molecular weight is 295 g/mol. The van der Waals surface area contributed by atoms with E-state index in [9.17, 15) is 9.59 Å². The van der Waals surface area contributed by atoms with Gasteiger partial charge in [0.05, 0.1) is 34.0 Å². The number of methoxy groups -OCH3 is 4. The molecule has 0 saturated carbocycles. The molecule has 0 spiro atoms. The van der Waals surface area contributed by atoms with Crippen LogP contribution in [0, 0.1) is 0 Å². The summed E-state index contributed by atoms with van der Waals surface area (Å²) >= 11 is 0. The predicted octanol–water partition coefficient (Wildman–Crippen LogP) is 1.62. The molecule has 114 valence electrons. The van der Waals surface area contributed by atoms with Gasteiger partial charge in [-0.2, -0.15) is 0 Å². The zero-order valence-corrected chi connectivity index (χ0v) is 12.3. The minimum atomic E-state index is -0.659. The molecule has 1 aromatic carbocycles. The molecule has 0 saturated heterocycles. The van der Waals surface area contributed by atoms with E-state index >= 15 is 0 Å². The van der Waals surface area contributed by atoms with E-state index in [-0.39, 0.29) is 28.5 Å². The van der Waals surface area contributed by atoms with Crippen LogP contribution in [0.5, 0.6) is 17.2 Å². The van der Waals surface area contributed by atoms with E-state index in [1.54, 1.807) is 0 Å². The molecule has 7 nitrogen and oxygen atoms in total. The Labute approximate surface area is 122 Å². The zero-order chi connectivity index (χ0) is 16.0. The van der Waals surface area contributed by atoms with Crippen molar-refractivity contribution in [3.05, 3.63) is 24.3 Å². The molecule has 0 bridgehead atoms. The first kappa shape index (κ1) is 16.4. The lowest BCUT2D eigenvalue weighted by Crippen LogP contribution is -2.15. The zero-order valence-electron chi connectivity index (χ0n) is 12.3. The average Bonchev–Trinajstić information content (AvgIpc) is 2.52. The molecule has 1 aromatic rings. The first-order valence-electron chi connectivity index (χ1n) is 5.88. The number of carbonyl (C=O) groups is 2. The van der Waals surface area contributed by atoms with Crippen LogP contribution in [-0.2, 0) is 9.53 Å². The highest BCUT2D eigenvalue weighted by Gasteiger charge is 2.25. The Morgan fingerprint density at radius 1 is 1.10 bits per heavy atom.